The molecule has 0 aliphatic rings. The fraction of sp³-hybridized carbons (Fsp3) is 0.0476. The van der Waals surface area contributed by atoms with Crippen molar-refractivity contribution in [2.75, 3.05) is 5.32 Å². The third-order valence-corrected chi connectivity index (χ3v) is 4.06. The predicted octanol–water partition coefficient (Wildman–Crippen LogP) is 4.25. The predicted molar refractivity (Wildman–Crippen MR) is 102 cm³/mol. The van der Waals surface area contributed by atoms with Gasteiger partial charge in [-0.3, -0.25) is 14.8 Å². The van der Waals surface area contributed by atoms with Crippen molar-refractivity contribution >= 4 is 22.5 Å². The van der Waals surface area contributed by atoms with Crippen LogP contribution in [0.25, 0.3) is 22.3 Å². The standard InChI is InChI=1S/C21H16N4O/c1-14-7-8-18-16(11-14)17(21(26)24-15-5-4-9-22-13-15)12-20(25-18)19-6-2-3-10-23-19/h2-13H,1H3,(H,24,26). The van der Waals surface area contributed by atoms with Crippen molar-refractivity contribution < 1.29 is 4.79 Å². The van der Waals surface area contributed by atoms with Gasteiger partial charge >= 0.3 is 0 Å². The number of carbonyl (C=O) groups excluding carboxylic acids is 1. The Labute approximate surface area is 150 Å². The molecule has 0 fully saturated rings. The lowest BCUT2D eigenvalue weighted by Crippen LogP contribution is -2.13. The number of amides is 1. The van der Waals surface area contributed by atoms with Crippen LogP contribution in [0.5, 0.6) is 0 Å². The molecule has 0 radical (unpaired) electrons. The van der Waals surface area contributed by atoms with Gasteiger partial charge < -0.3 is 5.32 Å². The van der Waals surface area contributed by atoms with Gasteiger partial charge in [-0.25, -0.2) is 4.98 Å². The molecule has 0 unspecified atom stereocenters. The Morgan fingerprint density at radius 1 is 0.962 bits per heavy atom. The van der Waals surface area contributed by atoms with Gasteiger partial charge in [0, 0.05) is 17.8 Å². The van der Waals surface area contributed by atoms with E-state index >= 15 is 0 Å². The van der Waals surface area contributed by atoms with Crippen molar-refractivity contribution in [3.05, 3.63) is 84.3 Å². The summed E-state index contributed by atoms with van der Waals surface area (Å²) in [7, 11) is 0. The Morgan fingerprint density at radius 2 is 1.88 bits per heavy atom. The fourth-order valence-corrected chi connectivity index (χ4v) is 2.81. The number of hydrogen-bond donors (Lipinski definition) is 1. The monoisotopic (exact) mass is 340 g/mol. The normalized spacial score (nSPS) is 10.7. The molecule has 1 N–H and O–H groups in total. The maximum absolute atomic E-state index is 12.9. The SMILES string of the molecule is Cc1ccc2nc(-c3ccccn3)cc(C(=O)Nc3cccnc3)c2c1. The highest BCUT2D eigenvalue weighted by molar-refractivity contribution is 6.13. The summed E-state index contributed by atoms with van der Waals surface area (Å²) in [4.78, 5) is 26.0. The molecule has 0 aliphatic heterocycles. The average Bonchev–Trinajstić information content (AvgIpc) is 2.68. The van der Waals surface area contributed by atoms with E-state index in [1.165, 1.54) is 0 Å². The van der Waals surface area contributed by atoms with Gasteiger partial charge in [-0.1, -0.05) is 17.7 Å². The number of nitrogens with zero attached hydrogens (tertiary/aromatic N) is 3. The first-order chi connectivity index (χ1) is 12.7. The van der Waals surface area contributed by atoms with Gasteiger partial charge in [0.15, 0.2) is 0 Å². The van der Waals surface area contributed by atoms with Gasteiger partial charge in [-0.2, -0.15) is 0 Å². The van der Waals surface area contributed by atoms with Crippen molar-refractivity contribution in [2.24, 2.45) is 0 Å². The van der Waals surface area contributed by atoms with Gasteiger partial charge in [0.05, 0.1) is 34.4 Å². The van der Waals surface area contributed by atoms with E-state index in [9.17, 15) is 4.79 Å². The molecule has 4 rings (SSSR count). The molecular formula is C21H16N4O. The smallest absolute Gasteiger partial charge is 0.256 e. The van der Waals surface area contributed by atoms with Gasteiger partial charge in [-0.15, -0.1) is 0 Å². The molecule has 0 bridgehead atoms. The molecule has 1 aromatic carbocycles. The molecule has 4 aromatic rings. The van der Waals surface area contributed by atoms with E-state index < -0.39 is 0 Å². The summed E-state index contributed by atoms with van der Waals surface area (Å²) in [5.74, 6) is -0.201. The molecule has 126 valence electrons. The molecule has 1 amide bonds. The molecule has 0 aliphatic carbocycles. The number of nitrogens with one attached hydrogen (secondary N) is 1. The molecule has 3 aromatic heterocycles. The number of carbonyl (C=O) groups is 1. The van der Waals surface area contributed by atoms with E-state index in [1.807, 2.05) is 43.3 Å². The second kappa shape index (κ2) is 6.72. The summed E-state index contributed by atoms with van der Waals surface area (Å²) >= 11 is 0. The summed E-state index contributed by atoms with van der Waals surface area (Å²) in [5.41, 5.74) is 4.43. The molecular weight excluding hydrogens is 324 g/mol. The fourth-order valence-electron chi connectivity index (χ4n) is 2.81. The minimum absolute atomic E-state index is 0.201. The second-order valence-corrected chi connectivity index (χ2v) is 5.99. The maximum Gasteiger partial charge on any atom is 0.256 e. The van der Waals surface area contributed by atoms with Gasteiger partial charge in [-0.05, 0) is 49.4 Å². The van der Waals surface area contributed by atoms with Crippen LogP contribution in [0.15, 0.2) is 73.2 Å². The Bertz CT molecular complexity index is 1080. The molecule has 3 heterocycles. The van der Waals surface area contributed by atoms with Crippen LogP contribution in [0, 0.1) is 6.92 Å². The number of rotatable bonds is 3. The molecule has 5 nitrogen and oxygen atoms in total. The lowest BCUT2D eigenvalue weighted by molar-refractivity contribution is 0.102. The molecule has 0 saturated carbocycles. The molecule has 0 saturated heterocycles. The van der Waals surface area contributed by atoms with Crippen molar-refractivity contribution in [2.45, 2.75) is 6.92 Å². The number of aryl methyl sites for hydroxylation is 1. The van der Waals surface area contributed by atoms with E-state index in [-0.39, 0.29) is 5.91 Å². The van der Waals surface area contributed by atoms with Crippen molar-refractivity contribution in [1.29, 1.82) is 0 Å². The maximum atomic E-state index is 12.9. The Balaban J connectivity index is 1.85. The lowest BCUT2D eigenvalue weighted by atomic mass is 10.0. The van der Waals surface area contributed by atoms with Crippen LogP contribution < -0.4 is 5.32 Å². The van der Waals surface area contributed by atoms with Crippen LogP contribution in [0.4, 0.5) is 5.69 Å². The Hall–Kier alpha value is -3.60. The summed E-state index contributed by atoms with van der Waals surface area (Å²) in [6.07, 6.45) is 5.00. The third kappa shape index (κ3) is 3.15. The zero-order chi connectivity index (χ0) is 17.9. The number of benzene rings is 1. The Kier molecular flexibility index (Phi) is 4.11. The van der Waals surface area contributed by atoms with Crippen molar-refractivity contribution in [3.63, 3.8) is 0 Å². The summed E-state index contributed by atoms with van der Waals surface area (Å²) in [6, 6.07) is 16.9. The first-order valence-electron chi connectivity index (χ1n) is 8.25. The largest absolute Gasteiger partial charge is 0.321 e. The minimum atomic E-state index is -0.201. The lowest BCUT2D eigenvalue weighted by Gasteiger charge is -2.11. The van der Waals surface area contributed by atoms with Gasteiger partial charge in [0.1, 0.15) is 0 Å². The van der Waals surface area contributed by atoms with Gasteiger partial charge in [0.25, 0.3) is 5.91 Å². The summed E-state index contributed by atoms with van der Waals surface area (Å²) in [5, 5.41) is 3.71. The van der Waals surface area contributed by atoms with Crippen LogP contribution in [0.3, 0.4) is 0 Å². The van der Waals surface area contributed by atoms with Crippen molar-refractivity contribution in [1.82, 2.24) is 15.0 Å². The van der Waals surface area contributed by atoms with Crippen LogP contribution >= 0.6 is 0 Å². The Morgan fingerprint density at radius 3 is 2.65 bits per heavy atom. The number of fused-ring (bicyclic) bond motifs is 1. The van der Waals surface area contributed by atoms with E-state index in [1.54, 1.807) is 36.8 Å². The zero-order valence-electron chi connectivity index (χ0n) is 14.2. The van der Waals surface area contributed by atoms with Crippen LogP contribution in [0.1, 0.15) is 15.9 Å². The summed E-state index contributed by atoms with van der Waals surface area (Å²) in [6.45, 7) is 1.99. The quantitative estimate of drug-likeness (QED) is 0.605. The van der Waals surface area contributed by atoms with E-state index in [2.05, 4.69) is 20.3 Å². The number of pyridine rings is 3. The molecule has 26 heavy (non-hydrogen) atoms. The van der Waals surface area contributed by atoms with E-state index in [0.29, 0.717) is 16.9 Å². The van der Waals surface area contributed by atoms with Crippen LogP contribution in [-0.4, -0.2) is 20.9 Å². The van der Waals surface area contributed by atoms with Gasteiger partial charge in [0.2, 0.25) is 0 Å². The van der Waals surface area contributed by atoms with E-state index in [4.69, 9.17) is 0 Å². The second-order valence-electron chi connectivity index (χ2n) is 5.99. The van der Waals surface area contributed by atoms with Crippen molar-refractivity contribution in [3.8, 4) is 11.4 Å². The summed E-state index contributed by atoms with van der Waals surface area (Å²) < 4.78 is 0. The average molecular weight is 340 g/mol. The first kappa shape index (κ1) is 15.9. The minimum Gasteiger partial charge on any atom is -0.321 e. The highest BCUT2D eigenvalue weighted by Crippen LogP contribution is 2.25. The zero-order valence-corrected chi connectivity index (χ0v) is 14.2. The highest BCUT2D eigenvalue weighted by Gasteiger charge is 2.15. The number of hydrogen-bond acceptors (Lipinski definition) is 4. The van der Waals surface area contributed by atoms with E-state index in [0.717, 1.165) is 22.2 Å². The first-order valence-corrected chi connectivity index (χ1v) is 8.25. The van der Waals surface area contributed by atoms with Crippen LogP contribution in [0.2, 0.25) is 0 Å². The molecule has 5 heteroatoms. The number of aromatic nitrogens is 3. The molecule has 0 atom stereocenters. The highest BCUT2D eigenvalue weighted by atomic mass is 16.1. The number of anilines is 1. The van der Waals surface area contributed by atoms with Crippen LogP contribution in [-0.2, 0) is 0 Å². The third-order valence-electron chi connectivity index (χ3n) is 4.06. The molecule has 0 spiro atoms. The topological polar surface area (TPSA) is 67.8 Å².